The first-order valence-electron chi connectivity index (χ1n) is 6.06. The van der Waals surface area contributed by atoms with E-state index in [1.165, 1.54) is 0 Å². The number of phenols is 1. The highest BCUT2D eigenvalue weighted by atomic mass is 79.9. The Kier molecular flexibility index (Phi) is 3.21. The molecule has 1 heterocycles. The lowest BCUT2D eigenvalue weighted by atomic mass is 9.95. The maximum Gasteiger partial charge on any atom is 0.127 e. The summed E-state index contributed by atoms with van der Waals surface area (Å²) in [6.07, 6.45) is -0.314. The molecule has 1 aliphatic heterocycles. The Balaban J connectivity index is 1.96. The van der Waals surface area contributed by atoms with E-state index in [9.17, 15) is 10.2 Å². The van der Waals surface area contributed by atoms with Gasteiger partial charge in [-0.15, -0.1) is 0 Å². The average molecular weight is 321 g/mol. The Morgan fingerprint density at radius 1 is 1.16 bits per heavy atom. The van der Waals surface area contributed by atoms with Gasteiger partial charge in [0.2, 0.25) is 0 Å². The van der Waals surface area contributed by atoms with E-state index in [0.29, 0.717) is 12.2 Å². The molecule has 0 bridgehead atoms. The van der Waals surface area contributed by atoms with Crippen molar-refractivity contribution in [3.63, 3.8) is 0 Å². The van der Waals surface area contributed by atoms with E-state index >= 15 is 0 Å². The Morgan fingerprint density at radius 3 is 2.79 bits per heavy atom. The molecular weight excluding hydrogens is 308 g/mol. The Labute approximate surface area is 119 Å². The van der Waals surface area contributed by atoms with Crippen LogP contribution in [-0.4, -0.2) is 10.2 Å². The number of aliphatic hydroxyl groups excluding tert-OH is 1. The molecule has 4 heteroatoms. The van der Waals surface area contributed by atoms with Crippen LogP contribution in [0.3, 0.4) is 0 Å². The highest BCUT2D eigenvalue weighted by Crippen LogP contribution is 2.42. The zero-order chi connectivity index (χ0) is 13.4. The van der Waals surface area contributed by atoms with E-state index in [4.69, 9.17) is 4.74 Å². The summed E-state index contributed by atoms with van der Waals surface area (Å²) in [7, 11) is 0. The van der Waals surface area contributed by atoms with Gasteiger partial charge in [0.1, 0.15) is 17.6 Å². The van der Waals surface area contributed by atoms with Crippen molar-refractivity contribution in [2.75, 3.05) is 0 Å². The van der Waals surface area contributed by atoms with E-state index in [1.54, 1.807) is 18.2 Å². The molecule has 3 rings (SSSR count). The van der Waals surface area contributed by atoms with Crippen LogP contribution in [0.25, 0.3) is 0 Å². The van der Waals surface area contributed by atoms with Crippen molar-refractivity contribution in [1.82, 2.24) is 0 Å². The largest absolute Gasteiger partial charge is 0.508 e. The second kappa shape index (κ2) is 4.87. The van der Waals surface area contributed by atoms with Crippen LogP contribution in [0.1, 0.15) is 29.8 Å². The third-order valence-corrected chi connectivity index (χ3v) is 3.78. The quantitative estimate of drug-likeness (QED) is 0.842. The minimum absolute atomic E-state index is 0.204. The number of aliphatic hydroxyl groups is 1. The number of halogens is 1. The fourth-order valence-electron chi connectivity index (χ4n) is 2.35. The number of hydrogen-bond acceptors (Lipinski definition) is 3. The number of hydrogen-bond donors (Lipinski definition) is 2. The summed E-state index contributed by atoms with van der Waals surface area (Å²) in [6.45, 7) is 0. The molecule has 0 fully saturated rings. The van der Waals surface area contributed by atoms with Gasteiger partial charge in [0, 0.05) is 16.5 Å². The van der Waals surface area contributed by atoms with Gasteiger partial charge in [0.05, 0.1) is 6.10 Å². The lowest BCUT2D eigenvalue weighted by molar-refractivity contribution is 0.0655. The molecule has 2 atom stereocenters. The maximum absolute atomic E-state index is 10.2. The molecule has 0 aromatic heterocycles. The molecule has 1 aliphatic rings. The standard InChI is InChI=1S/C15H13BrO3/c16-10-4-5-12-13(18)8-14(19-15(12)7-10)9-2-1-3-11(17)6-9/h1-7,13-14,17-18H,8H2/t13-,14?/m0/s1. The van der Waals surface area contributed by atoms with Crippen LogP contribution in [0.5, 0.6) is 11.5 Å². The van der Waals surface area contributed by atoms with Crippen molar-refractivity contribution in [2.24, 2.45) is 0 Å². The molecule has 3 nitrogen and oxygen atoms in total. The molecule has 2 N–H and O–H groups in total. The first-order valence-corrected chi connectivity index (χ1v) is 6.86. The first kappa shape index (κ1) is 12.5. The Bertz CT molecular complexity index is 612. The van der Waals surface area contributed by atoms with Crippen molar-refractivity contribution in [2.45, 2.75) is 18.6 Å². The number of aromatic hydroxyl groups is 1. The number of ether oxygens (including phenoxy) is 1. The molecule has 2 aromatic carbocycles. The summed E-state index contributed by atoms with van der Waals surface area (Å²) < 4.78 is 6.84. The summed E-state index contributed by atoms with van der Waals surface area (Å²) in [5.41, 5.74) is 1.67. The summed E-state index contributed by atoms with van der Waals surface area (Å²) in [6, 6.07) is 12.6. The monoisotopic (exact) mass is 320 g/mol. The van der Waals surface area contributed by atoms with Gasteiger partial charge >= 0.3 is 0 Å². The van der Waals surface area contributed by atoms with Crippen LogP contribution in [0, 0.1) is 0 Å². The summed E-state index contributed by atoms with van der Waals surface area (Å²) >= 11 is 3.40. The van der Waals surface area contributed by atoms with Gasteiger partial charge in [0.25, 0.3) is 0 Å². The predicted molar refractivity (Wildman–Crippen MR) is 75.2 cm³/mol. The van der Waals surface area contributed by atoms with E-state index < -0.39 is 6.10 Å². The van der Waals surface area contributed by atoms with E-state index in [0.717, 1.165) is 15.6 Å². The third-order valence-electron chi connectivity index (χ3n) is 3.28. The summed E-state index contributed by atoms with van der Waals surface area (Å²) in [5.74, 6) is 0.886. The predicted octanol–water partition coefficient (Wildman–Crippen LogP) is 3.71. The molecule has 0 spiro atoms. The molecule has 2 aromatic rings. The average Bonchev–Trinajstić information content (AvgIpc) is 2.38. The zero-order valence-electron chi connectivity index (χ0n) is 10.1. The summed E-state index contributed by atoms with van der Waals surface area (Å²) in [4.78, 5) is 0. The van der Waals surface area contributed by atoms with Gasteiger partial charge in [-0.05, 0) is 29.8 Å². The normalized spacial score (nSPS) is 21.6. The molecular formula is C15H13BrO3. The van der Waals surface area contributed by atoms with Crippen LogP contribution in [0.2, 0.25) is 0 Å². The molecule has 0 amide bonds. The molecule has 19 heavy (non-hydrogen) atoms. The summed E-state index contributed by atoms with van der Waals surface area (Å²) in [5, 5.41) is 19.7. The van der Waals surface area contributed by atoms with Gasteiger partial charge < -0.3 is 14.9 Å². The van der Waals surface area contributed by atoms with E-state index in [2.05, 4.69) is 15.9 Å². The lowest BCUT2D eigenvalue weighted by Gasteiger charge is -2.30. The van der Waals surface area contributed by atoms with Crippen molar-refractivity contribution >= 4 is 15.9 Å². The van der Waals surface area contributed by atoms with Gasteiger partial charge in [-0.3, -0.25) is 0 Å². The second-order valence-electron chi connectivity index (χ2n) is 4.64. The van der Waals surface area contributed by atoms with Gasteiger partial charge in [-0.25, -0.2) is 0 Å². The molecule has 0 saturated carbocycles. The highest BCUT2D eigenvalue weighted by molar-refractivity contribution is 9.10. The third kappa shape index (κ3) is 2.46. The second-order valence-corrected chi connectivity index (χ2v) is 5.55. The fraction of sp³-hybridized carbons (Fsp3) is 0.200. The number of phenolic OH excluding ortho intramolecular Hbond substituents is 1. The van der Waals surface area contributed by atoms with Gasteiger partial charge in [-0.2, -0.15) is 0 Å². The van der Waals surface area contributed by atoms with Crippen LogP contribution in [0.15, 0.2) is 46.9 Å². The van der Waals surface area contributed by atoms with Crippen molar-refractivity contribution < 1.29 is 14.9 Å². The van der Waals surface area contributed by atoms with Crippen LogP contribution < -0.4 is 4.74 Å². The Hall–Kier alpha value is -1.52. The van der Waals surface area contributed by atoms with E-state index in [1.807, 2.05) is 24.3 Å². The number of fused-ring (bicyclic) bond motifs is 1. The van der Waals surface area contributed by atoms with Gasteiger partial charge in [0.15, 0.2) is 0 Å². The Morgan fingerprint density at radius 2 is 2.00 bits per heavy atom. The minimum Gasteiger partial charge on any atom is -0.508 e. The topological polar surface area (TPSA) is 49.7 Å². The van der Waals surface area contributed by atoms with Crippen molar-refractivity contribution in [3.8, 4) is 11.5 Å². The molecule has 0 saturated heterocycles. The fourth-order valence-corrected chi connectivity index (χ4v) is 2.69. The molecule has 1 unspecified atom stereocenters. The number of rotatable bonds is 1. The first-order chi connectivity index (χ1) is 9.13. The van der Waals surface area contributed by atoms with E-state index in [-0.39, 0.29) is 11.9 Å². The van der Waals surface area contributed by atoms with Crippen LogP contribution >= 0.6 is 15.9 Å². The SMILES string of the molecule is Oc1cccc(C2C[C@H](O)c3ccc(Br)cc3O2)c1. The van der Waals surface area contributed by atoms with Crippen LogP contribution in [0.4, 0.5) is 0 Å². The highest BCUT2D eigenvalue weighted by Gasteiger charge is 2.28. The lowest BCUT2D eigenvalue weighted by Crippen LogP contribution is -2.18. The zero-order valence-corrected chi connectivity index (χ0v) is 11.7. The van der Waals surface area contributed by atoms with Gasteiger partial charge in [-0.1, -0.05) is 34.1 Å². The van der Waals surface area contributed by atoms with Crippen molar-refractivity contribution in [1.29, 1.82) is 0 Å². The molecule has 0 radical (unpaired) electrons. The smallest absolute Gasteiger partial charge is 0.127 e. The molecule has 98 valence electrons. The molecule has 0 aliphatic carbocycles. The van der Waals surface area contributed by atoms with Crippen molar-refractivity contribution in [3.05, 3.63) is 58.1 Å². The minimum atomic E-state index is -0.552. The maximum atomic E-state index is 10.2. The number of benzene rings is 2. The van der Waals surface area contributed by atoms with Crippen LogP contribution in [-0.2, 0) is 0 Å².